The van der Waals surface area contributed by atoms with Crippen LogP contribution in [0.1, 0.15) is 31.9 Å². The molecule has 0 radical (unpaired) electrons. The van der Waals surface area contributed by atoms with E-state index in [1.807, 2.05) is 12.1 Å². The van der Waals surface area contributed by atoms with E-state index in [0.29, 0.717) is 12.0 Å². The van der Waals surface area contributed by atoms with Gasteiger partial charge < -0.3 is 5.32 Å². The Labute approximate surface area is 139 Å². The summed E-state index contributed by atoms with van der Waals surface area (Å²) in [5.41, 5.74) is 2.47. The fourth-order valence-corrected chi connectivity index (χ4v) is 3.26. The van der Waals surface area contributed by atoms with Crippen LogP contribution in [0.15, 0.2) is 48.5 Å². The quantitative estimate of drug-likeness (QED) is 0.595. The predicted molar refractivity (Wildman–Crippen MR) is 96.4 cm³/mol. The van der Waals surface area contributed by atoms with Gasteiger partial charge in [-0.3, -0.25) is 0 Å². The van der Waals surface area contributed by atoms with Crippen LogP contribution < -0.4 is 5.32 Å². The Balaban J connectivity index is 2.24. The van der Waals surface area contributed by atoms with Gasteiger partial charge in [-0.25, -0.2) is 0 Å². The lowest BCUT2D eigenvalue weighted by Gasteiger charge is -2.23. The van der Waals surface area contributed by atoms with Gasteiger partial charge in [0, 0.05) is 14.3 Å². The van der Waals surface area contributed by atoms with Gasteiger partial charge in [-0.05, 0) is 58.7 Å². The summed E-state index contributed by atoms with van der Waals surface area (Å²) in [5.74, 6) is 0.637. The van der Waals surface area contributed by atoms with Crippen molar-refractivity contribution in [1.82, 2.24) is 0 Å². The summed E-state index contributed by atoms with van der Waals surface area (Å²) in [6, 6.07) is 16.9. The highest BCUT2D eigenvalue weighted by Gasteiger charge is 2.14. The van der Waals surface area contributed by atoms with E-state index in [1.165, 1.54) is 5.56 Å². The van der Waals surface area contributed by atoms with E-state index < -0.39 is 0 Å². The van der Waals surface area contributed by atoms with Crippen molar-refractivity contribution in [2.75, 3.05) is 5.32 Å². The second kappa shape index (κ2) is 7.32. The van der Waals surface area contributed by atoms with E-state index in [4.69, 9.17) is 11.6 Å². The highest BCUT2D eigenvalue weighted by atomic mass is 127. The zero-order chi connectivity index (χ0) is 14.5. The van der Waals surface area contributed by atoms with Crippen molar-refractivity contribution < 1.29 is 0 Å². The molecule has 1 N–H and O–H groups in total. The highest BCUT2D eigenvalue weighted by molar-refractivity contribution is 14.1. The minimum absolute atomic E-state index is 0.325. The molecule has 3 heteroatoms. The average Bonchev–Trinajstić information content (AvgIpc) is 2.41. The third kappa shape index (κ3) is 4.38. The van der Waals surface area contributed by atoms with Crippen LogP contribution in [0.25, 0.3) is 0 Å². The number of hydrogen-bond acceptors (Lipinski definition) is 1. The molecule has 0 spiro atoms. The first-order chi connectivity index (χ1) is 9.56. The lowest BCUT2D eigenvalue weighted by Crippen LogP contribution is -2.14. The van der Waals surface area contributed by atoms with Crippen molar-refractivity contribution in [3.05, 3.63) is 62.7 Å². The summed E-state index contributed by atoms with van der Waals surface area (Å²) in [6.45, 7) is 4.51. The molecule has 0 aromatic heterocycles. The van der Waals surface area contributed by atoms with Crippen molar-refractivity contribution in [1.29, 1.82) is 0 Å². The molecule has 1 nitrogen and oxygen atoms in total. The number of hydrogen-bond donors (Lipinski definition) is 1. The van der Waals surface area contributed by atoms with Gasteiger partial charge in [0.05, 0.1) is 6.04 Å². The average molecular weight is 400 g/mol. The van der Waals surface area contributed by atoms with E-state index in [-0.39, 0.29) is 0 Å². The molecule has 0 heterocycles. The number of anilines is 1. The smallest absolute Gasteiger partial charge is 0.0516 e. The Morgan fingerprint density at radius 2 is 1.80 bits per heavy atom. The Hall–Kier alpha value is -0.740. The van der Waals surface area contributed by atoms with Crippen molar-refractivity contribution in [2.45, 2.75) is 26.3 Å². The number of rotatable bonds is 5. The van der Waals surface area contributed by atoms with Crippen molar-refractivity contribution in [2.24, 2.45) is 5.92 Å². The Morgan fingerprint density at radius 1 is 1.10 bits per heavy atom. The van der Waals surface area contributed by atoms with Gasteiger partial charge in [-0.15, -0.1) is 0 Å². The van der Waals surface area contributed by atoms with Crippen molar-refractivity contribution >= 4 is 39.9 Å². The molecule has 0 aliphatic carbocycles. The topological polar surface area (TPSA) is 12.0 Å². The number of benzene rings is 2. The van der Waals surface area contributed by atoms with Crippen LogP contribution in [-0.4, -0.2) is 0 Å². The molecule has 2 rings (SSSR count). The number of halogens is 2. The van der Waals surface area contributed by atoms with Gasteiger partial charge in [-0.2, -0.15) is 0 Å². The van der Waals surface area contributed by atoms with Gasteiger partial charge in [0.1, 0.15) is 0 Å². The monoisotopic (exact) mass is 399 g/mol. The van der Waals surface area contributed by atoms with E-state index in [2.05, 4.69) is 78.2 Å². The fraction of sp³-hybridized carbons (Fsp3) is 0.294. The maximum atomic E-state index is 6.02. The molecule has 2 aromatic carbocycles. The summed E-state index contributed by atoms with van der Waals surface area (Å²) >= 11 is 8.35. The normalized spacial score (nSPS) is 12.4. The van der Waals surface area contributed by atoms with Crippen LogP contribution in [0, 0.1) is 9.49 Å². The molecule has 0 bridgehead atoms. The zero-order valence-corrected chi connectivity index (χ0v) is 14.6. The lowest BCUT2D eigenvalue weighted by atomic mass is 9.97. The highest BCUT2D eigenvalue weighted by Crippen LogP contribution is 2.29. The summed E-state index contributed by atoms with van der Waals surface area (Å²) in [4.78, 5) is 0. The van der Waals surface area contributed by atoms with Crippen LogP contribution in [0.5, 0.6) is 0 Å². The Bertz CT molecular complexity index is 554. The molecular weight excluding hydrogens is 381 g/mol. The van der Waals surface area contributed by atoms with E-state index in [1.54, 1.807) is 0 Å². The van der Waals surface area contributed by atoms with Gasteiger partial charge >= 0.3 is 0 Å². The summed E-state index contributed by atoms with van der Waals surface area (Å²) in [7, 11) is 0. The molecule has 0 aliphatic rings. The lowest BCUT2D eigenvalue weighted by molar-refractivity contribution is 0.531. The molecule has 0 saturated carbocycles. The van der Waals surface area contributed by atoms with Crippen LogP contribution in [0.2, 0.25) is 5.02 Å². The second-order valence-electron chi connectivity index (χ2n) is 5.36. The van der Waals surface area contributed by atoms with Crippen molar-refractivity contribution in [3.63, 3.8) is 0 Å². The van der Waals surface area contributed by atoms with E-state index >= 15 is 0 Å². The maximum absolute atomic E-state index is 6.02. The van der Waals surface area contributed by atoms with Crippen LogP contribution in [-0.2, 0) is 0 Å². The molecular formula is C17H19ClIN. The molecule has 106 valence electrons. The van der Waals surface area contributed by atoms with Gasteiger partial charge in [0.25, 0.3) is 0 Å². The molecule has 1 unspecified atom stereocenters. The summed E-state index contributed by atoms with van der Waals surface area (Å²) in [6.07, 6.45) is 1.10. The predicted octanol–water partition coefficient (Wildman–Crippen LogP) is 6.14. The molecule has 20 heavy (non-hydrogen) atoms. The molecule has 0 amide bonds. The molecule has 0 aliphatic heterocycles. The summed E-state index contributed by atoms with van der Waals surface area (Å²) < 4.78 is 1.15. The van der Waals surface area contributed by atoms with Crippen LogP contribution >= 0.6 is 34.2 Å². The third-order valence-electron chi connectivity index (χ3n) is 3.17. The molecule has 0 saturated heterocycles. The van der Waals surface area contributed by atoms with E-state index in [0.717, 1.165) is 20.7 Å². The number of nitrogens with one attached hydrogen (secondary N) is 1. The first kappa shape index (κ1) is 15.6. The standard InChI is InChI=1S/C17H19ClIN/c1-12(2)10-17(13-6-4-3-5-7-13)20-16-9-8-14(18)11-15(16)19/h3-9,11-12,17,20H,10H2,1-2H3. The first-order valence-electron chi connectivity index (χ1n) is 6.83. The largest absolute Gasteiger partial charge is 0.377 e. The van der Waals surface area contributed by atoms with Gasteiger partial charge in [0.15, 0.2) is 0 Å². The van der Waals surface area contributed by atoms with E-state index in [9.17, 15) is 0 Å². The SMILES string of the molecule is CC(C)CC(Nc1ccc(Cl)cc1I)c1ccccc1. The van der Waals surface area contributed by atoms with Gasteiger partial charge in [0.2, 0.25) is 0 Å². The molecule has 2 aromatic rings. The fourth-order valence-electron chi connectivity index (χ4n) is 2.23. The Morgan fingerprint density at radius 3 is 2.40 bits per heavy atom. The first-order valence-corrected chi connectivity index (χ1v) is 8.28. The van der Waals surface area contributed by atoms with Crippen LogP contribution in [0.4, 0.5) is 5.69 Å². The minimum Gasteiger partial charge on any atom is -0.377 e. The third-order valence-corrected chi connectivity index (χ3v) is 4.30. The summed E-state index contributed by atoms with van der Waals surface area (Å²) in [5, 5.41) is 4.43. The zero-order valence-electron chi connectivity index (χ0n) is 11.7. The van der Waals surface area contributed by atoms with Crippen LogP contribution in [0.3, 0.4) is 0 Å². The molecule has 0 fully saturated rings. The van der Waals surface area contributed by atoms with Crippen molar-refractivity contribution in [3.8, 4) is 0 Å². The Kier molecular flexibility index (Phi) is 5.73. The van der Waals surface area contributed by atoms with Gasteiger partial charge in [-0.1, -0.05) is 55.8 Å². The second-order valence-corrected chi connectivity index (χ2v) is 6.96. The minimum atomic E-state index is 0.325. The molecule has 1 atom stereocenters. The maximum Gasteiger partial charge on any atom is 0.0516 e.